The molecule has 3 aliphatic heterocycles. The van der Waals surface area contributed by atoms with Crippen molar-refractivity contribution in [2.24, 2.45) is 0 Å². The average Bonchev–Trinajstić information content (AvgIpc) is 1.58. The molecule has 14 N–H and O–H groups in total. The van der Waals surface area contributed by atoms with Gasteiger partial charge >= 0.3 is 5.97 Å². The molecular formula is C62H112N2O21. The van der Waals surface area contributed by atoms with E-state index in [4.69, 9.17) is 28.4 Å². The van der Waals surface area contributed by atoms with Crippen molar-refractivity contribution in [3.8, 4) is 0 Å². The lowest BCUT2D eigenvalue weighted by molar-refractivity contribution is -0.386. The molecule has 3 saturated heterocycles. The first-order valence-electron chi connectivity index (χ1n) is 32.2. The summed E-state index contributed by atoms with van der Waals surface area (Å²) in [5.74, 6) is -6.15. The maximum Gasteiger partial charge on any atom is 0.364 e. The second-order valence-electron chi connectivity index (χ2n) is 23.6. The minimum absolute atomic E-state index is 0.195. The van der Waals surface area contributed by atoms with Crippen LogP contribution in [0.1, 0.15) is 213 Å². The van der Waals surface area contributed by atoms with Gasteiger partial charge in [0.25, 0.3) is 5.79 Å². The van der Waals surface area contributed by atoms with E-state index in [0.29, 0.717) is 12.8 Å². The van der Waals surface area contributed by atoms with E-state index < -0.39 is 155 Å². The van der Waals surface area contributed by atoms with Crippen molar-refractivity contribution in [3.05, 3.63) is 24.3 Å². The van der Waals surface area contributed by atoms with E-state index in [0.717, 1.165) is 77.6 Å². The number of nitrogens with one attached hydrogen (secondary N) is 2. The van der Waals surface area contributed by atoms with Gasteiger partial charge in [0.1, 0.15) is 67.1 Å². The first-order valence-corrected chi connectivity index (χ1v) is 32.2. The summed E-state index contributed by atoms with van der Waals surface area (Å²) in [6, 6.07) is -2.62. The highest BCUT2D eigenvalue weighted by atomic mass is 16.8. The molecule has 3 rings (SSSR count). The molecule has 0 aliphatic carbocycles. The third-order valence-electron chi connectivity index (χ3n) is 16.4. The molecule has 3 aliphatic rings. The van der Waals surface area contributed by atoms with Gasteiger partial charge in [0.15, 0.2) is 12.6 Å². The molecular weight excluding hydrogens is 1110 g/mol. The smallest absolute Gasteiger partial charge is 0.364 e. The van der Waals surface area contributed by atoms with Gasteiger partial charge < -0.3 is 100 Å². The number of carbonyl (C=O) groups excluding carboxylic acids is 2. The van der Waals surface area contributed by atoms with Gasteiger partial charge in [-0.25, -0.2) is 4.79 Å². The van der Waals surface area contributed by atoms with Gasteiger partial charge in [-0.15, -0.1) is 0 Å². The highest BCUT2D eigenvalue weighted by Gasteiger charge is 2.60. The molecule has 2 amide bonds. The zero-order valence-corrected chi connectivity index (χ0v) is 51.2. The normalized spacial score (nSPS) is 29.7. The second-order valence-corrected chi connectivity index (χ2v) is 23.6. The predicted octanol–water partition coefficient (Wildman–Crippen LogP) is 4.11. The van der Waals surface area contributed by atoms with Crippen molar-refractivity contribution < 1.29 is 104 Å². The van der Waals surface area contributed by atoms with E-state index in [9.17, 15) is 75.7 Å². The fraction of sp³-hybridized carbons (Fsp3) is 0.887. The molecule has 85 heavy (non-hydrogen) atoms. The zero-order chi connectivity index (χ0) is 62.6. The predicted molar refractivity (Wildman–Crippen MR) is 315 cm³/mol. The molecule has 23 nitrogen and oxygen atoms in total. The van der Waals surface area contributed by atoms with Crippen LogP contribution in [0, 0.1) is 0 Å². The monoisotopic (exact) mass is 1220 g/mol. The van der Waals surface area contributed by atoms with Gasteiger partial charge in [0.2, 0.25) is 11.8 Å². The minimum atomic E-state index is -3.08. The summed E-state index contributed by atoms with van der Waals surface area (Å²) < 4.78 is 34.7. The molecule has 496 valence electrons. The summed E-state index contributed by atoms with van der Waals surface area (Å²) in [4.78, 5) is 38.4. The first kappa shape index (κ1) is 76.5. The van der Waals surface area contributed by atoms with Crippen LogP contribution in [0.4, 0.5) is 0 Å². The second kappa shape index (κ2) is 43.8. The van der Waals surface area contributed by atoms with Crippen LogP contribution in [0.25, 0.3) is 0 Å². The number of allylic oxidation sites excluding steroid dienone is 3. The number of hydrogen-bond acceptors (Lipinski definition) is 20. The number of carboxylic acids is 1. The van der Waals surface area contributed by atoms with E-state index in [1.807, 2.05) is 6.08 Å². The van der Waals surface area contributed by atoms with E-state index in [1.165, 1.54) is 96.3 Å². The van der Waals surface area contributed by atoms with E-state index in [1.54, 1.807) is 6.08 Å². The summed E-state index contributed by atoms with van der Waals surface area (Å²) in [5.41, 5.74) is 0. The average molecular weight is 1220 g/mol. The molecule has 0 aromatic heterocycles. The number of aliphatic carboxylic acids is 1. The molecule has 18 unspecified atom stereocenters. The molecule has 0 aromatic carbocycles. The van der Waals surface area contributed by atoms with Gasteiger partial charge in [-0.3, -0.25) is 9.59 Å². The van der Waals surface area contributed by atoms with Crippen molar-refractivity contribution in [3.63, 3.8) is 0 Å². The van der Waals surface area contributed by atoms with Crippen molar-refractivity contribution in [2.45, 2.75) is 323 Å². The Hall–Kier alpha value is -2.79. The Kier molecular flexibility index (Phi) is 39.4. The summed E-state index contributed by atoms with van der Waals surface area (Å²) in [6.45, 7) is 2.10. The van der Waals surface area contributed by atoms with Crippen LogP contribution in [0.2, 0.25) is 0 Å². The van der Waals surface area contributed by atoms with Crippen molar-refractivity contribution in [1.82, 2.24) is 10.6 Å². The Morgan fingerprint density at radius 2 is 1.11 bits per heavy atom. The fourth-order valence-corrected chi connectivity index (χ4v) is 11.2. The van der Waals surface area contributed by atoms with Crippen LogP contribution >= 0.6 is 0 Å². The summed E-state index contributed by atoms with van der Waals surface area (Å²) >= 11 is 0. The quantitative estimate of drug-likeness (QED) is 0.0301. The lowest BCUT2D eigenvalue weighted by Crippen LogP contribution is -2.70. The molecule has 3 heterocycles. The lowest BCUT2D eigenvalue weighted by Gasteiger charge is -2.50. The molecule has 0 bridgehead atoms. The van der Waals surface area contributed by atoms with Crippen molar-refractivity contribution in [2.75, 3.05) is 26.4 Å². The number of rotatable bonds is 47. The Labute approximate surface area is 504 Å². The maximum atomic E-state index is 13.4. The number of carbonyl (C=O) groups is 3. The lowest BCUT2D eigenvalue weighted by atomic mass is 9.88. The molecule has 0 aromatic rings. The molecule has 3 fully saturated rings. The third-order valence-corrected chi connectivity index (χ3v) is 16.4. The van der Waals surface area contributed by atoms with Crippen LogP contribution in [0.15, 0.2) is 24.3 Å². The number of aliphatic hydroxyl groups is 11. The van der Waals surface area contributed by atoms with Gasteiger partial charge in [0.05, 0.1) is 50.7 Å². The van der Waals surface area contributed by atoms with Crippen LogP contribution < -0.4 is 10.6 Å². The minimum Gasteiger partial charge on any atom is -0.477 e. The Morgan fingerprint density at radius 3 is 1.60 bits per heavy atom. The number of hydrogen-bond donors (Lipinski definition) is 14. The van der Waals surface area contributed by atoms with Gasteiger partial charge in [0, 0.05) is 19.8 Å². The number of amides is 2. The summed E-state index contributed by atoms with van der Waals surface area (Å²) in [7, 11) is 0. The van der Waals surface area contributed by atoms with Gasteiger partial charge in [-0.1, -0.05) is 173 Å². The maximum absolute atomic E-state index is 13.4. The molecule has 0 saturated carbocycles. The summed E-state index contributed by atoms with van der Waals surface area (Å²) in [5, 5.41) is 136. The van der Waals surface area contributed by atoms with Crippen molar-refractivity contribution >= 4 is 17.8 Å². The summed E-state index contributed by atoms with van der Waals surface area (Å²) in [6.07, 6.45) is 10.9. The number of ether oxygens (including phenoxy) is 6. The molecule has 18 atom stereocenters. The SMILES string of the molecule is CCCCCCCC/C=C\CCCCCCCCCC(=O)NC(COC1OC(CO)C(OC2OC(CO)C(O)C(OC3(C(=O)O)CC(O)C(NC(C)=O)C(C(O)C(O)CO)O3)C2O)C(O)C1O)C(O)/C=C/CCCCCCCCCCCCCC. The van der Waals surface area contributed by atoms with Crippen molar-refractivity contribution in [1.29, 1.82) is 0 Å². The third kappa shape index (κ3) is 27.5. The Balaban J connectivity index is 1.65. The number of aliphatic hydroxyl groups excluding tert-OH is 11. The molecule has 23 heteroatoms. The topological polar surface area (TPSA) is 373 Å². The zero-order valence-electron chi connectivity index (χ0n) is 51.2. The van der Waals surface area contributed by atoms with Gasteiger partial charge in [-0.2, -0.15) is 0 Å². The highest BCUT2D eigenvalue weighted by molar-refractivity contribution is 5.77. The van der Waals surface area contributed by atoms with E-state index in [2.05, 4.69) is 36.6 Å². The molecule has 0 spiro atoms. The van der Waals surface area contributed by atoms with Crippen LogP contribution in [0.5, 0.6) is 0 Å². The fourth-order valence-electron chi connectivity index (χ4n) is 11.2. The Morgan fingerprint density at radius 1 is 0.612 bits per heavy atom. The van der Waals surface area contributed by atoms with Crippen LogP contribution in [-0.4, -0.2) is 215 Å². The van der Waals surface area contributed by atoms with E-state index >= 15 is 0 Å². The largest absolute Gasteiger partial charge is 0.477 e. The van der Waals surface area contributed by atoms with E-state index in [-0.39, 0.29) is 12.3 Å². The number of unbranched alkanes of at least 4 members (excludes halogenated alkanes) is 25. The van der Waals surface area contributed by atoms with Gasteiger partial charge in [-0.05, 0) is 44.9 Å². The number of carboxylic acid groups (broad SMARTS) is 1. The molecule has 0 radical (unpaired) electrons. The first-order chi connectivity index (χ1) is 40.9. The highest BCUT2D eigenvalue weighted by Crippen LogP contribution is 2.38. The Bertz CT molecular complexity index is 1830. The standard InChI is InChI=1S/C62H112N2O21/c1-4-6-8-10-12-14-16-18-20-21-22-24-26-28-30-32-34-36-49(72)64-43(44(69)35-33-31-29-27-25-23-19-17-15-13-11-9-7-5-2)41-80-59-54(76)53(75)56(48(40-67)82-59)83-60-55(77)58(52(74)47(39-66)81-60)85-62(61(78)79)37-45(70)50(63-42(3)68)57(84-62)51(73)46(71)38-65/h18,20,33,35,43-48,50-60,65-67,69-71,73-77H,4-17,19,21-32,34,36-41H2,1-3H3,(H,63,68)(H,64,72)(H,78,79)/b20-18-,35-33+. The van der Waals surface area contributed by atoms with Crippen LogP contribution in [0.3, 0.4) is 0 Å². The van der Waals surface area contributed by atoms with Crippen LogP contribution in [-0.2, 0) is 42.8 Å².